The van der Waals surface area contributed by atoms with Crippen molar-refractivity contribution in [2.75, 3.05) is 12.4 Å². The van der Waals surface area contributed by atoms with Crippen LogP contribution in [0, 0.1) is 5.41 Å². The molecule has 3 aromatic rings. The van der Waals surface area contributed by atoms with Crippen molar-refractivity contribution in [3.8, 4) is 11.5 Å². The highest BCUT2D eigenvalue weighted by molar-refractivity contribution is 7.99. The minimum atomic E-state index is -0.559. The summed E-state index contributed by atoms with van der Waals surface area (Å²) >= 11 is 1.54. The van der Waals surface area contributed by atoms with Gasteiger partial charge in [-0.15, -0.1) is 0 Å². The monoisotopic (exact) mass is 545 g/mol. The van der Waals surface area contributed by atoms with Gasteiger partial charge in [0.25, 0.3) is 5.56 Å². The van der Waals surface area contributed by atoms with Crippen molar-refractivity contribution in [3.05, 3.63) is 86.8 Å². The molecule has 204 valence electrons. The molecule has 0 saturated carbocycles. The van der Waals surface area contributed by atoms with E-state index in [2.05, 4.69) is 38.0 Å². The number of rotatable bonds is 8. The number of Topliss-reactive ketones (excluding diaryl/α,β-unsaturated/α-hetero) is 1. The number of carbonyl (C=O) groups is 1. The number of aromatic nitrogens is 2. The Morgan fingerprint density at radius 2 is 1.87 bits per heavy atom. The molecule has 8 heteroatoms. The molecule has 0 radical (unpaired) electrons. The molecule has 5 rings (SSSR count). The van der Waals surface area contributed by atoms with Crippen molar-refractivity contribution in [2.45, 2.75) is 69.9 Å². The average molecular weight is 546 g/mol. The zero-order valence-electron chi connectivity index (χ0n) is 23.1. The molecule has 0 saturated heterocycles. The van der Waals surface area contributed by atoms with E-state index in [1.807, 2.05) is 48.5 Å². The van der Waals surface area contributed by atoms with Gasteiger partial charge in [-0.1, -0.05) is 75.9 Å². The summed E-state index contributed by atoms with van der Waals surface area (Å²) in [4.78, 5) is 35.0. The highest BCUT2D eigenvalue weighted by Crippen LogP contribution is 2.48. The van der Waals surface area contributed by atoms with Crippen LogP contribution in [-0.2, 0) is 11.4 Å². The lowest BCUT2D eigenvalue weighted by molar-refractivity contribution is -0.118. The summed E-state index contributed by atoms with van der Waals surface area (Å²) in [5.41, 5.74) is 3.34. The third-order valence-corrected chi connectivity index (χ3v) is 8.50. The first-order chi connectivity index (χ1) is 18.7. The summed E-state index contributed by atoms with van der Waals surface area (Å²) < 4.78 is 11.8. The van der Waals surface area contributed by atoms with Gasteiger partial charge < -0.3 is 19.8 Å². The van der Waals surface area contributed by atoms with Crippen LogP contribution < -0.4 is 20.3 Å². The quantitative estimate of drug-likeness (QED) is 0.248. The summed E-state index contributed by atoms with van der Waals surface area (Å²) in [6, 6.07) is 15.6. The van der Waals surface area contributed by atoms with Crippen molar-refractivity contribution >= 4 is 23.4 Å². The van der Waals surface area contributed by atoms with Crippen LogP contribution in [0.4, 0.5) is 5.82 Å². The maximum absolute atomic E-state index is 13.6. The van der Waals surface area contributed by atoms with Gasteiger partial charge in [0.15, 0.2) is 22.4 Å². The average Bonchev–Trinajstić information content (AvgIpc) is 2.90. The maximum atomic E-state index is 13.6. The van der Waals surface area contributed by atoms with Crippen molar-refractivity contribution in [2.24, 2.45) is 5.41 Å². The lowest BCUT2D eigenvalue weighted by atomic mass is 9.69. The summed E-state index contributed by atoms with van der Waals surface area (Å²) in [6.07, 6.45) is 2.07. The van der Waals surface area contributed by atoms with Crippen LogP contribution in [0.3, 0.4) is 0 Å². The molecule has 2 N–H and O–H groups in total. The highest BCUT2D eigenvalue weighted by atomic mass is 32.2. The van der Waals surface area contributed by atoms with Gasteiger partial charge in [0.1, 0.15) is 12.4 Å². The molecule has 0 fully saturated rings. The highest BCUT2D eigenvalue weighted by Gasteiger charge is 2.42. The zero-order chi connectivity index (χ0) is 27.7. The molecule has 2 unspecified atom stereocenters. The molecule has 2 aromatic carbocycles. The van der Waals surface area contributed by atoms with Crippen LogP contribution in [-0.4, -0.2) is 28.1 Å². The topological polar surface area (TPSA) is 93.3 Å². The van der Waals surface area contributed by atoms with Crippen LogP contribution in [0.1, 0.15) is 69.6 Å². The number of allylic oxidation sites excluding steroid dienone is 2. The normalized spacial score (nSPS) is 18.6. The maximum Gasteiger partial charge on any atom is 0.257 e. The smallest absolute Gasteiger partial charge is 0.257 e. The summed E-state index contributed by atoms with van der Waals surface area (Å²) in [7, 11) is 1.59. The Hall–Kier alpha value is -3.52. The van der Waals surface area contributed by atoms with Gasteiger partial charge in [-0.2, -0.15) is 0 Å². The van der Waals surface area contributed by atoms with E-state index in [1.165, 1.54) is 0 Å². The van der Waals surface area contributed by atoms with E-state index < -0.39 is 5.92 Å². The minimum Gasteiger partial charge on any atom is -0.493 e. The molecule has 1 aliphatic carbocycles. The number of ketones is 1. The standard InChI is InChI=1S/C31H35N3O4S/c1-6-18(2)39-30-33-28-27(29(36)34-30)25(26-21(32-28)15-31(3,4)16-22(26)35)20-12-13-23(24(14-20)37-5)38-17-19-10-8-7-9-11-19/h7-14,18,25H,6,15-17H2,1-5H3,(H2,32,33,34,36). The Balaban J connectivity index is 1.59. The number of methoxy groups -OCH3 is 1. The molecule has 1 aliphatic heterocycles. The number of nitrogens with one attached hydrogen (secondary N) is 2. The number of hydrogen-bond acceptors (Lipinski definition) is 7. The van der Waals surface area contributed by atoms with Crippen LogP contribution in [0.25, 0.3) is 0 Å². The van der Waals surface area contributed by atoms with Gasteiger partial charge >= 0.3 is 0 Å². The second-order valence-corrected chi connectivity index (χ2v) is 12.5. The number of H-pyrrole nitrogens is 1. The zero-order valence-corrected chi connectivity index (χ0v) is 23.9. The van der Waals surface area contributed by atoms with Crippen molar-refractivity contribution < 1.29 is 14.3 Å². The number of aromatic amines is 1. The van der Waals surface area contributed by atoms with E-state index in [4.69, 9.17) is 14.5 Å². The van der Waals surface area contributed by atoms with Crippen LogP contribution in [0.5, 0.6) is 11.5 Å². The van der Waals surface area contributed by atoms with Crippen LogP contribution in [0.2, 0.25) is 0 Å². The van der Waals surface area contributed by atoms with Gasteiger partial charge in [0.05, 0.1) is 12.7 Å². The molecule has 0 spiro atoms. The van der Waals surface area contributed by atoms with Gasteiger partial charge in [-0.25, -0.2) is 4.98 Å². The van der Waals surface area contributed by atoms with Crippen molar-refractivity contribution in [3.63, 3.8) is 0 Å². The fraction of sp³-hybridized carbons (Fsp3) is 0.387. The fourth-order valence-electron chi connectivity index (χ4n) is 5.27. The van der Waals surface area contributed by atoms with Gasteiger partial charge in [-0.3, -0.25) is 9.59 Å². The number of thioether (sulfide) groups is 1. The molecule has 39 heavy (non-hydrogen) atoms. The van der Waals surface area contributed by atoms with E-state index in [0.29, 0.717) is 58.3 Å². The summed E-state index contributed by atoms with van der Waals surface area (Å²) in [6.45, 7) is 8.80. The van der Waals surface area contributed by atoms with Crippen molar-refractivity contribution in [1.29, 1.82) is 0 Å². The first-order valence-corrected chi connectivity index (χ1v) is 14.3. The molecule has 7 nitrogen and oxygen atoms in total. The third kappa shape index (κ3) is 5.62. The second kappa shape index (κ2) is 10.9. The third-order valence-electron chi connectivity index (χ3n) is 7.35. The number of anilines is 1. The van der Waals surface area contributed by atoms with Crippen LogP contribution >= 0.6 is 11.8 Å². The lowest BCUT2D eigenvalue weighted by Crippen LogP contribution is -2.37. The number of benzene rings is 2. The molecular formula is C31H35N3O4S. The van der Waals surface area contributed by atoms with Crippen LogP contribution in [0.15, 0.2) is 69.8 Å². The lowest BCUT2D eigenvalue weighted by Gasteiger charge is -2.38. The second-order valence-electron chi connectivity index (χ2n) is 11.0. The SMILES string of the molecule is CCC(C)Sc1nc2c(c(=O)[nH]1)C(c1ccc(OCc3ccccc3)c(OC)c1)C1=C(CC(C)(C)CC1=O)N2. The predicted molar refractivity (Wildman–Crippen MR) is 155 cm³/mol. The number of fused-ring (bicyclic) bond motifs is 1. The Morgan fingerprint density at radius 1 is 1.10 bits per heavy atom. The number of ether oxygens (including phenoxy) is 2. The minimum absolute atomic E-state index is 0.0465. The Kier molecular flexibility index (Phi) is 7.58. The largest absolute Gasteiger partial charge is 0.493 e. The van der Waals surface area contributed by atoms with E-state index in [9.17, 15) is 9.59 Å². The Morgan fingerprint density at radius 3 is 2.59 bits per heavy atom. The van der Waals surface area contributed by atoms with E-state index in [0.717, 1.165) is 23.2 Å². The van der Waals surface area contributed by atoms with Gasteiger partial charge in [-0.05, 0) is 41.5 Å². The summed E-state index contributed by atoms with van der Waals surface area (Å²) in [5.74, 6) is 1.14. The van der Waals surface area contributed by atoms with Crippen molar-refractivity contribution in [1.82, 2.24) is 9.97 Å². The van der Waals surface area contributed by atoms with Gasteiger partial charge in [0, 0.05) is 28.9 Å². The number of nitrogens with zero attached hydrogens (tertiary/aromatic N) is 1. The molecule has 0 bridgehead atoms. The van der Waals surface area contributed by atoms with E-state index in [-0.39, 0.29) is 16.8 Å². The molecule has 0 amide bonds. The molecule has 2 heterocycles. The van der Waals surface area contributed by atoms with E-state index in [1.54, 1.807) is 18.9 Å². The molecule has 2 aliphatic rings. The molecule has 1 aromatic heterocycles. The van der Waals surface area contributed by atoms with Gasteiger partial charge in [0.2, 0.25) is 0 Å². The number of carbonyl (C=O) groups excluding carboxylic acids is 1. The summed E-state index contributed by atoms with van der Waals surface area (Å²) in [5, 5.41) is 4.28. The first kappa shape index (κ1) is 27.1. The number of hydrogen-bond donors (Lipinski definition) is 2. The Bertz CT molecular complexity index is 1480. The first-order valence-electron chi connectivity index (χ1n) is 13.4. The fourth-order valence-corrected chi connectivity index (χ4v) is 6.12. The molecule has 2 atom stereocenters. The van der Waals surface area contributed by atoms with E-state index >= 15 is 0 Å². The predicted octanol–water partition coefficient (Wildman–Crippen LogP) is 6.45. The molecular weight excluding hydrogens is 510 g/mol. The Labute approximate surface area is 233 Å².